The van der Waals surface area contributed by atoms with Crippen molar-refractivity contribution in [1.29, 1.82) is 0 Å². The van der Waals surface area contributed by atoms with Crippen molar-refractivity contribution in [2.24, 2.45) is 11.5 Å². The Bertz CT molecular complexity index is 1450. The lowest BCUT2D eigenvalue weighted by atomic mass is 10.1. The Morgan fingerprint density at radius 2 is 1.20 bits per heavy atom. The summed E-state index contributed by atoms with van der Waals surface area (Å²) < 4.78 is 0. The van der Waals surface area contributed by atoms with Gasteiger partial charge in [0.1, 0.15) is 36.3 Å². The number of unbranched alkanes of at least 4 members (excludes halogenated alkanes) is 1. The van der Waals surface area contributed by atoms with Crippen LogP contribution in [0.1, 0.15) is 57.3 Å². The van der Waals surface area contributed by atoms with E-state index in [-0.39, 0.29) is 25.7 Å². The maximum atomic E-state index is 13.7. The van der Waals surface area contributed by atoms with Crippen LogP contribution in [0, 0.1) is 0 Å². The number of aliphatic carboxylic acids is 2. The molecule has 0 fully saturated rings. The van der Waals surface area contributed by atoms with Crippen LogP contribution in [0.5, 0.6) is 0 Å². The van der Waals surface area contributed by atoms with E-state index in [0.29, 0.717) is 30.8 Å². The molecule has 2 heterocycles. The van der Waals surface area contributed by atoms with Gasteiger partial charge in [0.15, 0.2) is 0 Å². The van der Waals surface area contributed by atoms with Gasteiger partial charge in [-0.3, -0.25) is 28.8 Å². The summed E-state index contributed by atoms with van der Waals surface area (Å²) in [7, 11) is 0. The van der Waals surface area contributed by atoms with Crippen molar-refractivity contribution < 1.29 is 48.9 Å². The van der Waals surface area contributed by atoms with Gasteiger partial charge < -0.3 is 63.3 Å². The fourth-order valence-electron chi connectivity index (χ4n) is 4.65. The molecule has 0 aromatic carbocycles. The van der Waals surface area contributed by atoms with Crippen molar-refractivity contribution >= 4 is 41.5 Å². The van der Waals surface area contributed by atoms with Gasteiger partial charge in [-0.2, -0.15) is 0 Å². The van der Waals surface area contributed by atoms with Crippen LogP contribution in [0.3, 0.4) is 0 Å². The van der Waals surface area contributed by atoms with Crippen LogP contribution in [0.2, 0.25) is 0 Å². The summed E-state index contributed by atoms with van der Waals surface area (Å²) >= 11 is 0. The van der Waals surface area contributed by atoms with Crippen LogP contribution in [-0.2, 0) is 46.4 Å². The number of carboxylic acids is 2. The van der Waals surface area contributed by atoms with Gasteiger partial charge in [0.2, 0.25) is 29.5 Å². The Labute approximate surface area is 292 Å². The lowest BCUT2D eigenvalue weighted by Gasteiger charge is -2.26. The summed E-state index contributed by atoms with van der Waals surface area (Å²) in [6.07, 6.45) is 4.15. The molecule has 21 nitrogen and oxygen atoms in total. The summed E-state index contributed by atoms with van der Waals surface area (Å²) in [6.45, 7) is 2.87. The van der Waals surface area contributed by atoms with E-state index in [2.05, 4.69) is 46.5 Å². The number of hydrogen-bond acceptors (Lipinski definition) is 12. The number of nitrogens with two attached hydrogens (primary N) is 2. The standard InChI is InChI=1S/C30H47N11O10/c1-15(37-26(46)19(6-7-23(43)44)38-29(49)24(32)16(2)42)25(45)40-21(9-17-11-33-13-35-17)28(48)41-22(10-18-12-34-14-36-18)27(47)39-20(30(50)51)5-3-4-8-31/h11-16,19-22,24,42H,3-10,31-32H2,1-2H3,(H,33,35)(H,34,36)(H,37,46)(H,38,49)(H,39,47)(H,40,45)(H,41,48)(H,43,44)(H,50,51)/t15-,16+,19-,20-,21-,22-,24-/m0/s1. The Balaban J connectivity index is 2.24. The van der Waals surface area contributed by atoms with Crippen molar-refractivity contribution in [2.45, 2.75) is 101 Å². The van der Waals surface area contributed by atoms with Crippen LogP contribution < -0.4 is 38.1 Å². The molecule has 0 saturated carbocycles. The number of nitrogens with zero attached hydrogens (tertiary/aromatic N) is 2. The molecule has 2 aromatic heterocycles. The molecular weight excluding hydrogens is 674 g/mol. The number of carbonyl (C=O) groups excluding carboxylic acids is 5. The van der Waals surface area contributed by atoms with E-state index in [1.54, 1.807) is 0 Å². The lowest BCUT2D eigenvalue weighted by Crippen LogP contribution is -2.59. The molecule has 0 aliphatic rings. The zero-order chi connectivity index (χ0) is 38.1. The Hall–Kier alpha value is -5.41. The molecule has 0 saturated heterocycles. The molecule has 282 valence electrons. The minimum Gasteiger partial charge on any atom is -0.481 e. The average molecular weight is 722 g/mol. The maximum absolute atomic E-state index is 13.7. The molecule has 51 heavy (non-hydrogen) atoms. The summed E-state index contributed by atoms with van der Waals surface area (Å²) in [4.78, 5) is 102. The van der Waals surface area contributed by atoms with Gasteiger partial charge in [-0.15, -0.1) is 0 Å². The van der Waals surface area contributed by atoms with E-state index in [1.807, 2.05) is 0 Å². The van der Waals surface area contributed by atoms with Crippen LogP contribution in [-0.4, -0.2) is 126 Å². The smallest absolute Gasteiger partial charge is 0.326 e. The van der Waals surface area contributed by atoms with E-state index >= 15 is 0 Å². The summed E-state index contributed by atoms with van der Waals surface area (Å²) in [5.74, 6) is -6.92. The largest absolute Gasteiger partial charge is 0.481 e. The van der Waals surface area contributed by atoms with Gasteiger partial charge in [-0.25, -0.2) is 14.8 Å². The number of aliphatic hydroxyl groups is 1. The number of H-pyrrole nitrogens is 2. The lowest BCUT2D eigenvalue weighted by molar-refractivity contribution is -0.142. The van der Waals surface area contributed by atoms with Crippen molar-refractivity contribution in [1.82, 2.24) is 46.5 Å². The van der Waals surface area contributed by atoms with Crippen molar-refractivity contribution in [3.05, 3.63) is 36.4 Å². The van der Waals surface area contributed by atoms with Gasteiger partial charge in [-0.1, -0.05) is 0 Å². The topological polar surface area (TPSA) is 350 Å². The third-order valence-corrected chi connectivity index (χ3v) is 7.64. The molecule has 0 aliphatic heterocycles. The Morgan fingerprint density at radius 3 is 1.65 bits per heavy atom. The highest BCUT2D eigenvalue weighted by Gasteiger charge is 2.33. The van der Waals surface area contributed by atoms with Crippen LogP contribution in [0.15, 0.2) is 25.0 Å². The fourth-order valence-corrected chi connectivity index (χ4v) is 4.65. The van der Waals surface area contributed by atoms with Gasteiger partial charge in [0.05, 0.1) is 18.8 Å². The van der Waals surface area contributed by atoms with Gasteiger partial charge >= 0.3 is 11.9 Å². The highest BCUT2D eigenvalue weighted by Crippen LogP contribution is 2.07. The predicted molar refractivity (Wildman–Crippen MR) is 177 cm³/mol. The summed E-state index contributed by atoms with van der Waals surface area (Å²) in [5, 5.41) is 40.6. The van der Waals surface area contributed by atoms with E-state index in [4.69, 9.17) is 16.6 Å². The molecule has 5 amide bonds. The first kappa shape index (κ1) is 41.8. The SMILES string of the molecule is C[C@H](NC(=O)[C@H](CCC(=O)O)NC(=O)[C@@H](N)[C@@H](C)O)C(=O)N[C@@H](Cc1cnc[nH]1)C(=O)N[C@@H](Cc1cnc[nH]1)C(=O)N[C@@H](CCCCN)C(=O)O. The third-order valence-electron chi connectivity index (χ3n) is 7.64. The molecule has 0 aliphatic carbocycles. The van der Waals surface area contributed by atoms with E-state index in [9.17, 15) is 43.8 Å². The van der Waals surface area contributed by atoms with Gasteiger partial charge in [0.25, 0.3) is 0 Å². The van der Waals surface area contributed by atoms with Crippen molar-refractivity contribution in [2.75, 3.05) is 6.54 Å². The van der Waals surface area contributed by atoms with Crippen LogP contribution >= 0.6 is 0 Å². The second-order valence-electron chi connectivity index (χ2n) is 11.9. The average Bonchev–Trinajstić information content (AvgIpc) is 3.79. The molecule has 21 heteroatoms. The number of amides is 5. The van der Waals surface area contributed by atoms with Crippen LogP contribution in [0.4, 0.5) is 0 Å². The molecule has 0 bridgehead atoms. The molecule has 2 aromatic rings. The van der Waals surface area contributed by atoms with E-state index < -0.39 is 90.3 Å². The number of carbonyl (C=O) groups is 7. The summed E-state index contributed by atoms with van der Waals surface area (Å²) in [5.41, 5.74) is 12.0. The zero-order valence-corrected chi connectivity index (χ0v) is 28.3. The number of carboxylic acid groups (broad SMARTS) is 2. The second kappa shape index (κ2) is 21.0. The van der Waals surface area contributed by atoms with Gasteiger partial charge in [-0.05, 0) is 46.1 Å². The number of hydrogen-bond donors (Lipinski definition) is 12. The first-order chi connectivity index (χ1) is 24.1. The molecular formula is C30H47N11O10. The summed E-state index contributed by atoms with van der Waals surface area (Å²) in [6, 6.07) is -8.14. The van der Waals surface area contributed by atoms with Crippen molar-refractivity contribution in [3.63, 3.8) is 0 Å². The zero-order valence-electron chi connectivity index (χ0n) is 28.3. The number of imidazole rings is 2. The monoisotopic (exact) mass is 721 g/mol. The van der Waals surface area contributed by atoms with Gasteiger partial charge in [0, 0.05) is 43.0 Å². The quantitative estimate of drug-likeness (QED) is 0.0489. The Morgan fingerprint density at radius 1 is 0.706 bits per heavy atom. The number of aliphatic hydroxyl groups excluding tert-OH is 1. The van der Waals surface area contributed by atoms with Crippen LogP contribution in [0.25, 0.3) is 0 Å². The normalized spacial score (nSPS) is 15.2. The second-order valence-corrected chi connectivity index (χ2v) is 11.9. The van der Waals surface area contributed by atoms with E-state index in [0.717, 1.165) is 0 Å². The minimum atomic E-state index is -1.44. The minimum absolute atomic E-state index is 0.0965. The number of rotatable bonds is 23. The molecule has 7 atom stereocenters. The number of aromatic nitrogens is 4. The third kappa shape index (κ3) is 14.5. The maximum Gasteiger partial charge on any atom is 0.326 e. The molecule has 2 rings (SSSR count). The first-order valence-corrected chi connectivity index (χ1v) is 16.2. The molecule has 0 unspecified atom stereocenters. The van der Waals surface area contributed by atoms with Crippen molar-refractivity contribution in [3.8, 4) is 0 Å². The van der Waals surface area contributed by atoms with E-state index in [1.165, 1.54) is 38.9 Å². The molecule has 14 N–H and O–H groups in total. The molecule has 0 spiro atoms. The number of aromatic amines is 2. The highest BCUT2D eigenvalue weighted by atomic mass is 16.4. The fraction of sp³-hybridized carbons (Fsp3) is 0.567. The molecule has 0 radical (unpaired) electrons. The highest BCUT2D eigenvalue weighted by molar-refractivity contribution is 5.96. The number of nitrogens with one attached hydrogen (secondary N) is 7. The first-order valence-electron chi connectivity index (χ1n) is 16.2. The predicted octanol–water partition coefficient (Wildman–Crippen LogP) is -3.85. The Kier molecular flexibility index (Phi) is 17.2.